The van der Waals surface area contributed by atoms with Crippen LogP contribution in [-0.2, 0) is 9.59 Å². The number of carbonyl (C=O) groups excluding carboxylic acids is 1. The molecule has 1 rings (SSSR count). The normalized spacial score (nSPS) is 24.4. The summed E-state index contributed by atoms with van der Waals surface area (Å²) >= 11 is 0. The van der Waals surface area contributed by atoms with Gasteiger partial charge in [0, 0.05) is 12.6 Å². The Kier molecular flexibility index (Phi) is 5.79. The van der Waals surface area contributed by atoms with Crippen LogP contribution in [0.1, 0.15) is 46.5 Å². The standard InChI is InChI=1S/C14H26N2O3/c1-4-6-14(13(18)19)7-5-8-16(10-14)9-12(17)15-11(2)3/h11H,4-10H2,1-3H3,(H,15,17)(H,18,19). The van der Waals surface area contributed by atoms with E-state index in [1.165, 1.54) is 0 Å². The van der Waals surface area contributed by atoms with Crippen LogP contribution in [0.3, 0.4) is 0 Å². The van der Waals surface area contributed by atoms with Gasteiger partial charge in [-0.1, -0.05) is 13.3 Å². The van der Waals surface area contributed by atoms with E-state index >= 15 is 0 Å². The summed E-state index contributed by atoms with van der Waals surface area (Å²) in [5.74, 6) is -0.740. The number of aliphatic carboxylic acids is 1. The van der Waals surface area contributed by atoms with Crippen LogP contribution in [0.4, 0.5) is 0 Å². The van der Waals surface area contributed by atoms with Crippen molar-refractivity contribution in [2.24, 2.45) is 5.41 Å². The van der Waals surface area contributed by atoms with Gasteiger partial charge < -0.3 is 10.4 Å². The molecule has 5 nitrogen and oxygen atoms in total. The summed E-state index contributed by atoms with van der Waals surface area (Å²) in [5.41, 5.74) is -0.662. The molecule has 1 aliphatic heterocycles. The first-order valence-electron chi connectivity index (χ1n) is 7.15. The molecule has 1 unspecified atom stereocenters. The summed E-state index contributed by atoms with van der Waals surface area (Å²) in [7, 11) is 0. The third kappa shape index (κ3) is 4.49. The van der Waals surface area contributed by atoms with Gasteiger partial charge >= 0.3 is 5.97 Å². The van der Waals surface area contributed by atoms with E-state index in [-0.39, 0.29) is 11.9 Å². The van der Waals surface area contributed by atoms with E-state index in [1.54, 1.807) is 0 Å². The number of carboxylic acids is 1. The average Bonchev–Trinajstić information content (AvgIpc) is 2.28. The summed E-state index contributed by atoms with van der Waals surface area (Å²) in [6.45, 7) is 7.46. The lowest BCUT2D eigenvalue weighted by Crippen LogP contribution is -2.51. The molecule has 0 radical (unpaired) electrons. The number of nitrogens with one attached hydrogen (secondary N) is 1. The van der Waals surface area contributed by atoms with Crippen LogP contribution in [-0.4, -0.2) is 47.6 Å². The molecule has 5 heteroatoms. The predicted molar refractivity (Wildman–Crippen MR) is 73.9 cm³/mol. The number of rotatable bonds is 6. The van der Waals surface area contributed by atoms with Crippen LogP contribution in [0.25, 0.3) is 0 Å². The SMILES string of the molecule is CCCC1(C(=O)O)CCCN(CC(=O)NC(C)C)C1. The molecule has 110 valence electrons. The molecule has 0 aromatic carbocycles. The number of hydrogen-bond acceptors (Lipinski definition) is 3. The van der Waals surface area contributed by atoms with Gasteiger partial charge in [-0.3, -0.25) is 14.5 Å². The molecule has 19 heavy (non-hydrogen) atoms. The van der Waals surface area contributed by atoms with Crippen LogP contribution >= 0.6 is 0 Å². The quantitative estimate of drug-likeness (QED) is 0.767. The van der Waals surface area contributed by atoms with Gasteiger partial charge in [-0.15, -0.1) is 0 Å². The summed E-state index contributed by atoms with van der Waals surface area (Å²) < 4.78 is 0. The molecule has 0 aromatic heterocycles. The number of piperidine rings is 1. The fourth-order valence-corrected chi connectivity index (χ4v) is 2.90. The van der Waals surface area contributed by atoms with Gasteiger partial charge in [-0.2, -0.15) is 0 Å². The van der Waals surface area contributed by atoms with Crippen LogP contribution in [0, 0.1) is 5.41 Å². The van der Waals surface area contributed by atoms with Crippen molar-refractivity contribution in [2.45, 2.75) is 52.5 Å². The average molecular weight is 270 g/mol. The Balaban J connectivity index is 2.62. The van der Waals surface area contributed by atoms with E-state index in [2.05, 4.69) is 5.32 Å². The van der Waals surface area contributed by atoms with Crippen molar-refractivity contribution in [3.63, 3.8) is 0 Å². The Morgan fingerprint density at radius 2 is 2.11 bits per heavy atom. The number of likely N-dealkylation sites (tertiary alicyclic amines) is 1. The van der Waals surface area contributed by atoms with Gasteiger partial charge in [-0.25, -0.2) is 0 Å². The molecule has 0 spiro atoms. The molecule has 0 aromatic rings. The Bertz CT molecular complexity index is 327. The van der Waals surface area contributed by atoms with Crippen molar-refractivity contribution in [1.82, 2.24) is 10.2 Å². The first-order chi connectivity index (χ1) is 8.89. The molecule has 2 N–H and O–H groups in total. The van der Waals surface area contributed by atoms with E-state index in [0.29, 0.717) is 19.5 Å². The molecule has 1 amide bonds. The molecule has 1 heterocycles. The zero-order chi connectivity index (χ0) is 14.5. The Morgan fingerprint density at radius 1 is 1.42 bits per heavy atom. The van der Waals surface area contributed by atoms with Crippen molar-refractivity contribution in [2.75, 3.05) is 19.6 Å². The minimum absolute atomic E-state index is 0.0207. The van der Waals surface area contributed by atoms with E-state index in [0.717, 1.165) is 25.8 Å². The fourth-order valence-electron chi connectivity index (χ4n) is 2.90. The fraction of sp³-hybridized carbons (Fsp3) is 0.857. The van der Waals surface area contributed by atoms with Crippen molar-refractivity contribution in [1.29, 1.82) is 0 Å². The predicted octanol–water partition coefficient (Wildman–Crippen LogP) is 1.48. The third-order valence-corrected chi connectivity index (χ3v) is 3.66. The molecule has 1 fully saturated rings. The highest BCUT2D eigenvalue weighted by atomic mass is 16.4. The molecule has 1 aliphatic rings. The Labute approximate surface area is 115 Å². The second-order valence-corrected chi connectivity index (χ2v) is 5.87. The van der Waals surface area contributed by atoms with E-state index < -0.39 is 11.4 Å². The highest BCUT2D eigenvalue weighted by molar-refractivity contribution is 5.79. The third-order valence-electron chi connectivity index (χ3n) is 3.66. The molecule has 0 saturated carbocycles. The van der Waals surface area contributed by atoms with Crippen molar-refractivity contribution >= 4 is 11.9 Å². The maximum atomic E-state index is 11.8. The Morgan fingerprint density at radius 3 is 2.63 bits per heavy atom. The molecule has 1 saturated heterocycles. The molecule has 0 bridgehead atoms. The second kappa shape index (κ2) is 6.89. The minimum Gasteiger partial charge on any atom is -0.481 e. The lowest BCUT2D eigenvalue weighted by molar-refractivity contribution is -0.154. The summed E-state index contributed by atoms with van der Waals surface area (Å²) in [5, 5.41) is 12.3. The highest BCUT2D eigenvalue weighted by Crippen LogP contribution is 2.34. The second-order valence-electron chi connectivity index (χ2n) is 5.87. The van der Waals surface area contributed by atoms with Gasteiger partial charge in [0.2, 0.25) is 5.91 Å². The number of nitrogens with zero attached hydrogens (tertiary/aromatic N) is 1. The van der Waals surface area contributed by atoms with Crippen molar-refractivity contribution in [3.8, 4) is 0 Å². The van der Waals surface area contributed by atoms with Crippen LogP contribution in [0.5, 0.6) is 0 Å². The van der Waals surface area contributed by atoms with Gasteiger partial charge in [0.15, 0.2) is 0 Å². The smallest absolute Gasteiger partial charge is 0.310 e. The zero-order valence-electron chi connectivity index (χ0n) is 12.2. The summed E-state index contributed by atoms with van der Waals surface area (Å²) in [6, 6.07) is 0.122. The molecular weight excluding hydrogens is 244 g/mol. The molecular formula is C14H26N2O3. The minimum atomic E-state index is -0.719. The van der Waals surface area contributed by atoms with Crippen molar-refractivity contribution < 1.29 is 14.7 Å². The number of hydrogen-bond donors (Lipinski definition) is 2. The first-order valence-corrected chi connectivity index (χ1v) is 7.15. The van der Waals surface area contributed by atoms with Gasteiger partial charge in [0.05, 0.1) is 12.0 Å². The summed E-state index contributed by atoms with van der Waals surface area (Å²) in [4.78, 5) is 25.3. The monoisotopic (exact) mass is 270 g/mol. The van der Waals surface area contributed by atoms with Gasteiger partial charge in [-0.05, 0) is 39.7 Å². The van der Waals surface area contributed by atoms with Gasteiger partial charge in [0.1, 0.15) is 0 Å². The maximum Gasteiger partial charge on any atom is 0.310 e. The van der Waals surface area contributed by atoms with Crippen LogP contribution < -0.4 is 5.32 Å². The molecule has 1 atom stereocenters. The lowest BCUT2D eigenvalue weighted by Gasteiger charge is -2.39. The number of amides is 1. The van der Waals surface area contributed by atoms with Gasteiger partial charge in [0.25, 0.3) is 0 Å². The number of carbonyl (C=O) groups is 2. The highest BCUT2D eigenvalue weighted by Gasteiger charge is 2.41. The van der Waals surface area contributed by atoms with E-state index in [9.17, 15) is 14.7 Å². The zero-order valence-corrected chi connectivity index (χ0v) is 12.2. The van der Waals surface area contributed by atoms with Crippen LogP contribution in [0.2, 0.25) is 0 Å². The first kappa shape index (κ1) is 16.0. The van der Waals surface area contributed by atoms with Crippen molar-refractivity contribution in [3.05, 3.63) is 0 Å². The lowest BCUT2D eigenvalue weighted by atomic mass is 9.76. The number of carboxylic acid groups (broad SMARTS) is 1. The molecule has 0 aliphatic carbocycles. The Hall–Kier alpha value is -1.10. The topological polar surface area (TPSA) is 69.6 Å². The van der Waals surface area contributed by atoms with Crippen LogP contribution in [0.15, 0.2) is 0 Å². The van der Waals surface area contributed by atoms with E-state index in [4.69, 9.17) is 0 Å². The maximum absolute atomic E-state index is 11.8. The summed E-state index contributed by atoms with van der Waals surface area (Å²) in [6.07, 6.45) is 3.11. The largest absolute Gasteiger partial charge is 0.481 e. The van der Waals surface area contributed by atoms with E-state index in [1.807, 2.05) is 25.7 Å².